The van der Waals surface area contributed by atoms with Gasteiger partial charge in [0.25, 0.3) is 5.88 Å². The maximum Gasteiger partial charge on any atom is 0.419 e. The van der Waals surface area contributed by atoms with Crippen molar-refractivity contribution in [1.82, 2.24) is 19.4 Å². The number of nitrogens with two attached hydrogens (primary N) is 1. The van der Waals surface area contributed by atoms with Crippen LogP contribution in [0, 0.1) is 5.92 Å². The molecule has 1 fully saturated rings. The molecule has 8 nitrogen and oxygen atoms in total. The summed E-state index contributed by atoms with van der Waals surface area (Å²) < 4.78 is 48.4. The van der Waals surface area contributed by atoms with Crippen molar-refractivity contribution in [1.29, 1.82) is 0 Å². The number of methoxy groups -OCH3 is 1. The lowest BCUT2D eigenvalue weighted by molar-refractivity contribution is -0.137. The minimum atomic E-state index is -4.61. The van der Waals surface area contributed by atoms with E-state index in [0.717, 1.165) is 6.07 Å². The molecule has 0 aliphatic carbocycles. The molecule has 3 aromatic rings. The first-order chi connectivity index (χ1) is 14.3. The van der Waals surface area contributed by atoms with E-state index >= 15 is 0 Å². The highest BCUT2D eigenvalue weighted by molar-refractivity contribution is 5.77. The van der Waals surface area contributed by atoms with Crippen molar-refractivity contribution in [2.75, 3.05) is 25.1 Å². The van der Waals surface area contributed by atoms with Gasteiger partial charge in [-0.2, -0.15) is 13.2 Å². The van der Waals surface area contributed by atoms with E-state index in [4.69, 9.17) is 10.5 Å². The number of hydrogen-bond donors (Lipinski definition) is 1. The number of piperidine rings is 1. The van der Waals surface area contributed by atoms with Crippen LogP contribution in [0.25, 0.3) is 16.9 Å². The number of rotatable bonds is 4. The van der Waals surface area contributed by atoms with Gasteiger partial charge in [0.15, 0.2) is 5.65 Å². The van der Waals surface area contributed by atoms with Crippen LogP contribution in [0.2, 0.25) is 0 Å². The topological polar surface area (TPSA) is 98.6 Å². The van der Waals surface area contributed by atoms with Gasteiger partial charge in [-0.3, -0.25) is 4.79 Å². The molecular formula is C19H19F3N6O2. The molecule has 1 aliphatic heterocycles. The second-order valence-corrected chi connectivity index (χ2v) is 7.05. The molecule has 4 rings (SSSR count). The van der Waals surface area contributed by atoms with Gasteiger partial charge < -0.3 is 19.8 Å². The first-order valence-electron chi connectivity index (χ1n) is 9.27. The zero-order valence-corrected chi connectivity index (χ0v) is 16.1. The molecule has 158 valence electrons. The molecule has 2 N–H and O–H groups in total. The van der Waals surface area contributed by atoms with Gasteiger partial charge >= 0.3 is 6.18 Å². The summed E-state index contributed by atoms with van der Waals surface area (Å²) in [5, 5.41) is 0. The Morgan fingerprint density at radius 1 is 1.27 bits per heavy atom. The highest BCUT2D eigenvalue weighted by Gasteiger charge is 2.37. The lowest BCUT2D eigenvalue weighted by Crippen LogP contribution is -2.39. The van der Waals surface area contributed by atoms with Crippen LogP contribution < -0.4 is 15.4 Å². The number of hydrogen-bond acceptors (Lipinski definition) is 6. The molecule has 0 saturated carbocycles. The number of primary amides is 1. The Balaban J connectivity index is 1.73. The van der Waals surface area contributed by atoms with Crippen molar-refractivity contribution in [3.05, 3.63) is 36.4 Å². The predicted octanol–water partition coefficient (Wildman–Crippen LogP) is 2.52. The average molecular weight is 420 g/mol. The molecular weight excluding hydrogens is 401 g/mol. The number of ether oxygens (including phenoxy) is 1. The Hall–Kier alpha value is -3.37. The van der Waals surface area contributed by atoms with Crippen LogP contribution in [0.5, 0.6) is 5.88 Å². The predicted molar refractivity (Wildman–Crippen MR) is 102 cm³/mol. The van der Waals surface area contributed by atoms with E-state index in [-0.39, 0.29) is 42.0 Å². The second kappa shape index (κ2) is 7.47. The number of nitrogens with zero attached hydrogens (tertiary/aromatic N) is 5. The smallest absolute Gasteiger partial charge is 0.419 e. The zero-order chi connectivity index (χ0) is 21.5. The third-order valence-electron chi connectivity index (χ3n) is 5.20. The average Bonchev–Trinajstić information content (AvgIpc) is 3.21. The van der Waals surface area contributed by atoms with Crippen molar-refractivity contribution in [2.45, 2.75) is 19.0 Å². The van der Waals surface area contributed by atoms with Crippen molar-refractivity contribution >= 4 is 17.4 Å². The Morgan fingerprint density at radius 3 is 2.63 bits per heavy atom. The maximum absolute atomic E-state index is 13.9. The zero-order valence-electron chi connectivity index (χ0n) is 16.1. The molecule has 1 aliphatic rings. The first kappa shape index (κ1) is 19.9. The van der Waals surface area contributed by atoms with Crippen LogP contribution in [0.4, 0.5) is 19.0 Å². The number of alkyl halides is 3. The van der Waals surface area contributed by atoms with Crippen molar-refractivity contribution in [3.8, 4) is 17.1 Å². The fourth-order valence-corrected chi connectivity index (χ4v) is 3.61. The van der Waals surface area contributed by atoms with E-state index in [1.165, 1.54) is 13.3 Å². The maximum atomic E-state index is 13.9. The van der Waals surface area contributed by atoms with E-state index in [2.05, 4.69) is 15.0 Å². The Kier molecular flexibility index (Phi) is 4.96. The molecule has 0 radical (unpaired) electrons. The van der Waals surface area contributed by atoms with Crippen LogP contribution in [-0.2, 0) is 11.0 Å². The van der Waals surface area contributed by atoms with Gasteiger partial charge in [-0.15, -0.1) is 0 Å². The van der Waals surface area contributed by atoms with E-state index in [1.807, 2.05) is 0 Å². The number of pyridine rings is 1. The van der Waals surface area contributed by atoms with Crippen LogP contribution in [-0.4, -0.2) is 45.5 Å². The summed E-state index contributed by atoms with van der Waals surface area (Å²) in [5.41, 5.74) is 5.39. The molecule has 4 heterocycles. The lowest BCUT2D eigenvalue weighted by Gasteiger charge is -2.33. The summed E-state index contributed by atoms with van der Waals surface area (Å²) in [6.45, 7) is 0.548. The van der Waals surface area contributed by atoms with E-state index < -0.39 is 17.6 Å². The molecule has 0 spiro atoms. The van der Waals surface area contributed by atoms with E-state index in [1.54, 1.807) is 27.9 Å². The minimum absolute atomic E-state index is 0.162. The largest absolute Gasteiger partial charge is 0.478 e. The molecule has 11 heteroatoms. The van der Waals surface area contributed by atoms with Gasteiger partial charge in [-0.1, -0.05) is 0 Å². The molecule has 0 bridgehead atoms. The molecule has 1 amide bonds. The summed E-state index contributed by atoms with van der Waals surface area (Å²) in [4.78, 5) is 25.4. The van der Waals surface area contributed by atoms with Crippen LogP contribution >= 0.6 is 0 Å². The summed E-state index contributed by atoms with van der Waals surface area (Å²) in [6, 6.07) is 1.03. The van der Waals surface area contributed by atoms with Gasteiger partial charge in [0.05, 0.1) is 18.4 Å². The fourth-order valence-electron chi connectivity index (χ4n) is 3.61. The van der Waals surface area contributed by atoms with Crippen molar-refractivity contribution < 1.29 is 22.7 Å². The van der Waals surface area contributed by atoms with E-state index in [0.29, 0.717) is 18.5 Å². The monoisotopic (exact) mass is 420 g/mol. The minimum Gasteiger partial charge on any atom is -0.478 e. The Labute approximate surface area is 169 Å². The number of imidazole rings is 1. The molecule has 30 heavy (non-hydrogen) atoms. The Bertz CT molecular complexity index is 1090. The number of amides is 1. The van der Waals surface area contributed by atoms with Crippen LogP contribution in [0.15, 0.2) is 30.9 Å². The lowest BCUT2D eigenvalue weighted by atomic mass is 9.96. The molecule has 3 aromatic heterocycles. The highest BCUT2D eigenvalue weighted by atomic mass is 19.4. The van der Waals surface area contributed by atoms with E-state index in [9.17, 15) is 18.0 Å². The summed E-state index contributed by atoms with van der Waals surface area (Å²) in [6.07, 6.45) is 2.30. The number of aromatic nitrogens is 4. The quantitative estimate of drug-likeness (QED) is 0.697. The number of carbonyl (C=O) groups is 1. The van der Waals surface area contributed by atoms with Crippen molar-refractivity contribution in [2.24, 2.45) is 11.7 Å². The number of carbonyl (C=O) groups excluding carboxylic acids is 1. The number of fused-ring (bicyclic) bond motifs is 1. The van der Waals surface area contributed by atoms with Gasteiger partial charge in [0.2, 0.25) is 5.91 Å². The summed E-state index contributed by atoms with van der Waals surface area (Å²) in [7, 11) is 1.42. The van der Waals surface area contributed by atoms with Gasteiger partial charge in [-0.05, 0) is 18.9 Å². The van der Waals surface area contributed by atoms with Crippen LogP contribution in [0.3, 0.4) is 0 Å². The highest BCUT2D eigenvalue weighted by Crippen LogP contribution is 2.39. The molecule has 0 unspecified atom stereocenters. The molecule has 0 aromatic carbocycles. The summed E-state index contributed by atoms with van der Waals surface area (Å²) >= 11 is 0. The van der Waals surface area contributed by atoms with Gasteiger partial charge in [-0.25, -0.2) is 15.0 Å². The van der Waals surface area contributed by atoms with Gasteiger partial charge in [0.1, 0.15) is 5.82 Å². The normalized spacial score (nSPS) is 15.5. The third-order valence-corrected chi connectivity index (χ3v) is 5.20. The fraction of sp³-hybridized carbons (Fsp3) is 0.368. The number of halogens is 3. The first-order valence-corrected chi connectivity index (χ1v) is 9.27. The summed E-state index contributed by atoms with van der Waals surface area (Å²) in [5.74, 6) is -0.717. The third kappa shape index (κ3) is 3.62. The number of anilines is 1. The SMILES string of the molecule is COc1nc(-c2cnc(N3CCC(C(N)=O)CC3)c(C(F)(F)F)c2)cn2ccnc12. The van der Waals surface area contributed by atoms with Crippen molar-refractivity contribution in [3.63, 3.8) is 0 Å². The molecule has 0 atom stereocenters. The standard InChI is InChI=1S/C19H19F3N6O2/c1-30-18-17-24-4-7-28(17)10-14(26-18)12-8-13(19(20,21)22)16(25-9-12)27-5-2-11(3-6-27)15(23)29/h4,7-11H,2-3,5-6H2,1H3,(H2,23,29). The molecule has 1 saturated heterocycles. The Morgan fingerprint density at radius 2 is 2.00 bits per heavy atom. The van der Waals surface area contributed by atoms with Gasteiger partial charge in [0, 0.05) is 49.4 Å². The second-order valence-electron chi connectivity index (χ2n) is 7.05. The van der Waals surface area contributed by atoms with Crippen LogP contribution in [0.1, 0.15) is 18.4 Å².